The topological polar surface area (TPSA) is 50.7 Å². The molecule has 1 aromatic carbocycles. The van der Waals surface area contributed by atoms with Crippen LogP contribution in [0.1, 0.15) is 18.4 Å². The van der Waals surface area contributed by atoms with Gasteiger partial charge in [-0.15, -0.1) is 0 Å². The summed E-state index contributed by atoms with van der Waals surface area (Å²) in [6, 6.07) is 3.89. The molecule has 0 amide bonds. The number of anilines is 1. The van der Waals surface area contributed by atoms with Gasteiger partial charge in [0.15, 0.2) is 0 Å². The van der Waals surface area contributed by atoms with Crippen molar-refractivity contribution in [2.75, 3.05) is 32.7 Å². The third kappa shape index (κ3) is 3.82. The molecular formula is C13H21NO3. The standard InChI is InChI=1S/C13H21NO3/c1-10-8-13(17-3)11(9-12(10)16-2)14-6-4-5-7-15/h8-9,14-15H,4-7H2,1-3H3. The lowest BCUT2D eigenvalue weighted by Crippen LogP contribution is -2.04. The maximum atomic E-state index is 8.71. The summed E-state index contributed by atoms with van der Waals surface area (Å²) in [7, 11) is 3.31. The van der Waals surface area contributed by atoms with Crippen molar-refractivity contribution in [3.63, 3.8) is 0 Å². The van der Waals surface area contributed by atoms with Gasteiger partial charge in [0.2, 0.25) is 0 Å². The number of aliphatic hydroxyl groups excluding tert-OH is 1. The highest BCUT2D eigenvalue weighted by atomic mass is 16.5. The van der Waals surface area contributed by atoms with Gasteiger partial charge in [-0.25, -0.2) is 0 Å². The first kappa shape index (κ1) is 13.6. The van der Waals surface area contributed by atoms with Crippen LogP contribution >= 0.6 is 0 Å². The summed E-state index contributed by atoms with van der Waals surface area (Å²) >= 11 is 0. The lowest BCUT2D eigenvalue weighted by molar-refractivity contribution is 0.286. The van der Waals surface area contributed by atoms with Crippen molar-refractivity contribution in [1.82, 2.24) is 0 Å². The van der Waals surface area contributed by atoms with Crippen molar-refractivity contribution in [2.24, 2.45) is 0 Å². The third-order valence-corrected chi connectivity index (χ3v) is 2.62. The number of methoxy groups -OCH3 is 2. The summed E-state index contributed by atoms with van der Waals surface area (Å²) in [5, 5.41) is 12.0. The molecule has 1 rings (SSSR count). The Morgan fingerprint density at radius 2 is 1.82 bits per heavy atom. The van der Waals surface area contributed by atoms with Gasteiger partial charge in [-0.3, -0.25) is 0 Å². The largest absolute Gasteiger partial charge is 0.496 e. The quantitative estimate of drug-likeness (QED) is 0.716. The van der Waals surface area contributed by atoms with Crippen LogP contribution in [0.3, 0.4) is 0 Å². The highest BCUT2D eigenvalue weighted by Gasteiger charge is 2.07. The number of ether oxygens (including phenoxy) is 2. The van der Waals surface area contributed by atoms with Gasteiger partial charge < -0.3 is 19.9 Å². The molecule has 0 unspecified atom stereocenters. The van der Waals surface area contributed by atoms with Crippen molar-refractivity contribution >= 4 is 5.69 Å². The van der Waals surface area contributed by atoms with E-state index in [1.165, 1.54) is 0 Å². The number of hydrogen-bond donors (Lipinski definition) is 2. The van der Waals surface area contributed by atoms with Crippen molar-refractivity contribution < 1.29 is 14.6 Å². The Labute approximate surface area is 103 Å². The summed E-state index contributed by atoms with van der Waals surface area (Å²) in [5.41, 5.74) is 1.97. The molecule has 2 N–H and O–H groups in total. The molecule has 17 heavy (non-hydrogen) atoms. The average molecular weight is 239 g/mol. The number of hydrogen-bond acceptors (Lipinski definition) is 4. The van der Waals surface area contributed by atoms with E-state index in [4.69, 9.17) is 14.6 Å². The number of nitrogens with one attached hydrogen (secondary N) is 1. The Hall–Kier alpha value is -1.42. The Morgan fingerprint density at radius 1 is 1.12 bits per heavy atom. The SMILES string of the molecule is COc1cc(NCCCCO)c(OC)cc1C. The van der Waals surface area contributed by atoms with Gasteiger partial charge in [-0.05, 0) is 31.4 Å². The first-order valence-corrected chi connectivity index (χ1v) is 5.80. The van der Waals surface area contributed by atoms with Crippen molar-refractivity contribution in [3.8, 4) is 11.5 Å². The maximum Gasteiger partial charge on any atom is 0.142 e. The van der Waals surface area contributed by atoms with Crippen LogP contribution in [0.2, 0.25) is 0 Å². The van der Waals surface area contributed by atoms with Crippen LogP contribution in [0.5, 0.6) is 11.5 Å². The van der Waals surface area contributed by atoms with Gasteiger partial charge in [0.05, 0.1) is 19.9 Å². The lowest BCUT2D eigenvalue weighted by Gasteiger charge is -2.14. The Bertz CT molecular complexity index is 353. The summed E-state index contributed by atoms with van der Waals surface area (Å²) in [4.78, 5) is 0. The molecular weight excluding hydrogens is 218 g/mol. The van der Waals surface area contributed by atoms with E-state index in [9.17, 15) is 0 Å². The molecule has 0 radical (unpaired) electrons. The number of aryl methyl sites for hydroxylation is 1. The zero-order valence-electron chi connectivity index (χ0n) is 10.7. The molecule has 0 heterocycles. The van der Waals surface area contributed by atoms with E-state index in [-0.39, 0.29) is 6.61 Å². The second-order valence-corrected chi connectivity index (χ2v) is 3.88. The van der Waals surface area contributed by atoms with E-state index < -0.39 is 0 Å². The van der Waals surface area contributed by atoms with Crippen LogP contribution in [0.15, 0.2) is 12.1 Å². The molecule has 0 saturated carbocycles. The minimum atomic E-state index is 0.232. The summed E-state index contributed by atoms with van der Waals surface area (Å²) < 4.78 is 10.6. The van der Waals surface area contributed by atoms with E-state index in [1.807, 2.05) is 19.1 Å². The molecule has 1 aromatic rings. The molecule has 0 bridgehead atoms. The van der Waals surface area contributed by atoms with Crippen LogP contribution in [0, 0.1) is 6.92 Å². The number of rotatable bonds is 7. The first-order chi connectivity index (χ1) is 8.22. The molecule has 0 aliphatic heterocycles. The van der Waals surface area contributed by atoms with Gasteiger partial charge in [0, 0.05) is 19.2 Å². The van der Waals surface area contributed by atoms with Crippen LogP contribution in [-0.4, -0.2) is 32.5 Å². The molecule has 0 fully saturated rings. The van der Waals surface area contributed by atoms with Gasteiger partial charge in [0.25, 0.3) is 0 Å². The van der Waals surface area contributed by atoms with Crippen molar-refractivity contribution in [3.05, 3.63) is 17.7 Å². The van der Waals surface area contributed by atoms with Gasteiger partial charge in [-0.1, -0.05) is 0 Å². The molecule has 0 saturated heterocycles. The third-order valence-electron chi connectivity index (χ3n) is 2.62. The minimum Gasteiger partial charge on any atom is -0.496 e. The Morgan fingerprint density at radius 3 is 2.41 bits per heavy atom. The van der Waals surface area contributed by atoms with Crippen molar-refractivity contribution in [1.29, 1.82) is 0 Å². The number of aliphatic hydroxyl groups is 1. The number of unbranched alkanes of at least 4 members (excludes halogenated alkanes) is 1. The van der Waals surface area contributed by atoms with Crippen LogP contribution < -0.4 is 14.8 Å². The minimum absolute atomic E-state index is 0.232. The summed E-state index contributed by atoms with van der Waals surface area (Å²) in [5.74, 6) is 1.66. The Balaban J connectivity index is 2.74. The first-order valence-electron chi connectivity index (χ1n) is 5.80. The van der Waals surface area contributed by atoms with E-state index in [0.717, 1.165) is 42.1 Å². The highest BCUT2D eigenvalue weighted by molar-refractivity contribution is 5.62. The zero-order chi connectivity index (χ0) is 12.7. The fourth-order valence-electron chi connectivity index (χ4n) is 1.65. The predicted molar refractivity (Wildman–Crippen MR) is 69.1 cm³/mol. The second kappa shape index (κ2) is 7.01. The molecule has 4 nitrogen and oxygen atoms in total. The molecule has 96 valence electrons. The smallest absolute Gasteiger partial charge is 0.142 e. The molecule has 0 spiro atoms. The van der Waals surface area contributed by atoms with Crippen LogP contribution in [0.25, 0.3) is 0 Å². The predicted octanol–water partition coefficient (Wildman–Crippen LogP) is 2.20. The van der Waals surface area contributed by atoms with Gasteiger partial charge in [0.1, 0.15) is 11.5 Å². The van der Waals surface area contributed by atoms with E-state index in [2.05, 4.69) is 5.32 Å². The number of benzene rings is 1. The molecule has 0 aliphatic rings. The highest BCUT2D eigenvalue weighted by Crippen LogP contribution is 2.32. The zero-order valence-corrected chi connectivity index (χ0v) is 10.7. The summed E-state index contributed by atoms with van der Waals surface area (Å²) in [6.07, 6.45) is 1.73. The second-order valence-electron chi connectivity index (χ2n) is 3.88. The lowest BCUT2D eigenvalue weighted by atomic mass is 10.1. The fraction of sp³-hybridized carbons (Fsp3) is 0.538. The van der Waals surface area contributed by atoms with Crippen LogP contribution in [0.4, 0.5) is 5.69 Å². The molecule has 0 aliphatic carbocycles. The van der Waals surface area contributed by atoms with Gasteiger partial charge >= 0.3 is 0 Å². The molecule has 4 heteroatoms. The normalized spacial score (nSPS) is 10.1. The fourth-order valence-corrected chi connectivity index (χ4v) is 1.65. The van der Waals surface area contributed by atoms with Gasteiger partial charge in [-0.2, -0.15) is 0 Å². The average Bonchev–Trinajstić information content (AvgIpc) is 2.35. The van der Waals surface area contributed by atoms with E-state index >= 15 is 0 Å². The summed E-state index contributed by atoms with van der Waals surface area (Å²) in [6.45, 7) is 3.02. The molecule has 0 aromatic heterocycles. The Kier molecular flexibility index (Phi) is 5.63. The maximum absolute atomic E-state index is 8.71. The molecule has 0 atom stereocenters. The monoisotopic (exact) mass is 239 g/mol. The van der Waals surface area contributed by atoms with Crippen LogP contribution in [-0.2, 0) is 0 Å². The van der Waals surface area contributed by atoms with E-state index in [1.54, 1.807) is 14.2 Å². The van der Waals surface area contributed by atoms with E-state index in [0.29, 0.717) is 0 Å². The van der Waals surface area contributed by atoms with Crippen molar-refractivity contribution in [2.45, 2.75) is 19.8 Å².